The van der Waals surface area contributed by atoms with Crippen molar-refractivity contribution >= 4 is 34.6 Å². The van der Waals surface area contributed by atoms with Crippen molar-refractivity contribution in [3.8, 4) is 5.75 Å². The van der Waals surface area contributed by atoms with Gasteiger partial charge in [-0.15, -0.1) is 11.8 Å². The Morgan fingerprint density at radius 2 is 1.83 bits per heavy atom. The Balaban J connectivity index is 2.28. The van der Waals surface area contributed by atoms with Crippen LogP contribution in [0.2, 0.25) is 0 Å². The summed E-state index contributed by atoms with van der Waals surface area (Å²) >= 11 is 1.39. The smallest absolute Gasteiger partial charge is 0.193 e. The van der Waals surface area contributed by atoms with Gasteiger partial charge in [-0.2, -0.15) is 5.10 Å². The number of nitrogens with two attached hydrogens (primary N) is 1. The molecule has 0 aliphatic carbocycles. The molecule has 2 aromatic carbocycles. The Labute approximate surface area is 147 Å². The summed E-state index contributed by atoms with van der Waals surface area (Å²) in [6, 6.07) is 14.6. The predicted octanol–water partition coefficient (Wildman–Crippen LogP) is 2.78. The van der Waals surface area contributed by atoms with Gasteiger partial charge < -0.3 is 10.6 Å². The van der Waals surface area contributed by atoms with Crippen LogP contribution in [0.4, 0.5) is 0 Å². The average molecular weight is 362 g/mol. The lowest BCUT2D eigenvalue weighted by atomic mass is 10.1. The zero-order valence-electron chi connectivity index (χ0n) is 13.3. The van der Waals surface area contributed by atoms with Gasteiger partial charge in [0, 0.05) is 26.8 Å². The molecule has 7 heteroatoms. The molecule has 2 atom stereocenters. The van der Waals surface area contributed by atoms with Crippen molar-refractivity contribution in [3.05, 3.63) is 54.1 Å². The van der Waals surface area contributed by atoms with Gasteiger partial charge in [0.25, 0.3) is 0 Å². The van der Waals surface area contributed by atoms with Crippen LogP contribution in [0.3, 0.4) is 0 Å². The van der Waals surface area contributed by atoms with E-state index in [1.165, 1.54) is 11.8 Å². The number of benzene rings is 2. The summed E-state index contributed by atoms with van der Waals surface area (Å²) in [4.78, 5) is 14.0. The van der Waals surface area contributed by atoms with E-state index in [2.05, 4.69) is 5.10 Å². The third-order valence-electron chi connectivity index (χ3n) is 3.29. The lowest BCUT2D eigenvalue weighted by molar-refractivity contribution is -0.112. The van der Waals surface area contributed by atoms with Crippen LogP contribution in [-0.2, 0) is 15.6 Å². The molecule has 24 heavy (non-hydrogen) atoms. The summed E-state index contributed by atoms with van der Waals surface area (Å²) in [5.41, 5.74) is 0.828. The SMILES string of the molecule is COc1ccc(C(Sc2ccc(S(C)=O)cc2)C(=O)C=NN)cc1. The van der Waals surface area contributed by atoms with Crippen LogP contribution < -0.4 is 10.6 Å². The highest BCUT2D eigenvalue weighted by molar-refractivity contribution is 8.00. The third kappa shape index (κ3) is 4.69. The predicted molar refractivity (Wildman–Crippen MR) is 98.1 cm³/mol. The number of hydrogen-bond donors (Lipinski definition) is 1. The van der Waals surface area contributed by atoms with Gasteiger partial charge in [-0.1, -0.05) is 12.1 Å². The molecule has 0 fully saturated rings. The molecule has 0 radical (unpaired) electrons. The Morgan fingerprint density at radius 1 is 1.21 bits per heavy atom. The van der Waals surface area contributed by atoms with Gasteiger partial charge in [0.1, 0.15) is 5.75 Å². The molecule has 2 rings (SSSR count). The van der Waals surface area contributed by atoms with E-state index in [9.17, 15) is 9.00 Å². The van der Waals surface area contributed by atoms with Gasteiger partial charge in [0.15, 0.2) is 5.78 Å². The van der Waals surface area contributed by atoms with E-state index in [0.717, 1.165) is 27.3 Å². The maximum absolute atomic E-state index is 12.3. The number of Topliss-reactive ketones (excluding diaryl/α,β-unsaturated/α-hetero) is 1. The molecule has 0 aliphatic heterocycles. The summed E-state index contributed by atoms with van der Waals surface area (Å²) in [6.45, 7) is 0. The number of nitrogens with zero attached hydrogens (tertiary/aromatic N) is 1. The topological polar surface area (TPSA) is 81.8 Å². The monoisotopic (exact) mass is 362 g/mol. The maximum Gasteiger partial charge on any atom is 0.193 e. The molecule has 2 aromatic rings. The minimum atomic E-state index is -1.03. The number of carbonyl (C=O) groups is 1. The Hall–Kier alpha value is -2.12. The molecule has 0 amide bonds. The quantitative estimate of drug-likeness (QED) is 0.354. The number of rotatable bonds is 7. The molecule has 0 aliphatic rings. The number of ketones is 1. The van der Waals surface area contributed by atoms with Crippen LogP contribution in [0.1, 0.15) is 10.8 Å². The molecule has 0 saturated carbocycles. The Kier molecular flexibility index (Phi) is 6.57. The minimum absolute atomic E-state index is 0.198. The van der Waals surface area contributed by atoms with Crippen LogP contribution >= 0.6 is 11.8 Å². The first kappa shape index (κ1) is 18.2. The molecule has 5 nitrogen and oxygen atoms in total. The molecule has 0 heterocycles. The van der Waals surface area contributed by atoms with E-state index in [0.29, 0.717) is 0 Å². The van der Waals surface area contributed by atoms with Crippen LogP contribution in [-0.4, -0.2) is 29.6 Å². The lowest BCUT2D eigenvalue weighted by Gasteiger charge is -2.14. The van der Waals surface area contributed by atoms with Gasteiger partial charge >= 0.3 is 0 Å². The molecule has 126 valence electrons. The lowest BCUT2D eigenvalue weighted by Crippen LogP contribution is -2.11. The van der Waals surface area contributed by atoms with Crippen LogP contribution in [0, 0.1) is 0 Å². The second-order valence-corrected chi connectivity index (χ2v) is 7.44. The summed E-state index contributed by atoms with van der Waals surface area (Å²) in [5.74, 6) is 5.64. The molecule has 2 unspecified atom stereocenters. The molecule has 0 aromatic heterocycles. The fraction of sp³-hybridized carbons (Fsp3) is 0.176. The van der Waals surface area contributed by atoms with E-state index in [1.54, 1.807) is 37.6 Å². The zero-order valence-corrected chi connectivity index (χ0v) is 15.0. The van der Waals surface area contributed by atoms with Crippen LogP contribution in [0.25, 0.3) is 0 Å². The van der Waals surface area contributed by atoms with Crippen molar-refractivity contribution in [2.24, 2.45) is 10.9 Å². The molecule has 0 spiro atoms. The Morgan fingerprint density at radius 3 is 2.33 bits per heavy atom. The van der Waals surface area contributed by atoms with E-state index >= 15 is 0 Å². The number of hydrogen-bond acceptors (Lipinski definition) is 6. The van der Waals surface area contributed by atoms with Gasteiger partial charge in [0.05, 0.1) is 18.6 Å². The first-order valence-electron chi connectivity index (χ1n) is 7.06. The van der Waals surface area contributed by atoms with Crippen molar-refractivity contribution < 1.29 is 13.7 Å². The fourth-order valence-corrected chi connectivity index (χ4v) is 3.61. The van der Waals surface area contributed by atoms with E-state index < -0.39 is 16.0 Å². The molecule has 0 bridgehead atoms. The van der Waals surface area contributed by atoms with E-state index in [1.807, 2.05) is 24.3 Å². The number of methoxy groups -OCH3 is 1. The number of hydrazone groups is 1. The van der Waals surface area contributed by atoms with Gasteiger partial charge in [-0.05, 0) is 42.0 Å². The van der Waals surface area contributed by atoms with E-state index in [-0.39, 0.29) is 5.78 Å². The van der Waals surface area contributed by atoms with E-state index in [4.69, 9.17) is 10.6 Å². The normalized spacial score (nSPS) is 13.6. The number of carbonyl (C=O) groups excluding carboxylic acids is 1. The van der Waals surface area contributed by atoms with Crippen molar-refractivity contribution in [1.29, 1.82) is 0 Å². The minimum Gasteiger partial charge on any atom is -0.497 e. The molecule has 0 saturated heterocycles. The summed E-state index contributed by atoms with van der Waals surface area (Å²) in [6.07, 6.45) is 2.75. The Bertz CT molecular complexity index is 743. The second kappa shape index (κ2) is 8.65. The van der Waals surface area contributed by atoms with Crippen molar-refractivity contribution in [3.63, 3.8) is 0 Å². The van der Waals surface area contributed by atoms with Crippen LogP contribution in [0.15, 0.2) is 63.4 Å². The van der Waals surface area contributed by atoms with Crippen LogP contribution in [0.5, 0.6) is 5.75 Å². The highest BCUT2D eigenvalue weighted by atomic mass is 32.2. The third-order valence-corrected chi connectivity index (χ3v) is 5.51. The highest BCUT2D eigenvalue weighted by Crippen LogP contribution is 2.36. The molecule has 2 N–H and O–H groups in total. The van der Waals surface area contributed by atoms with Gasteiger partial charge in [0.2, 0.25) is 0 Å². The summed E-state index contributed by atoms with van der Waals surface area (Å²) in [7, 11) is 0.561. The summed E-state index contributed by atoms with van der Waals surface area (Å²) in [5, 5.41) is 2.87. The largest absolute Gasteiger partial charge is 0.497 e. The zero-order chi connectivity index (χ0) is 17.5. The molecular weight excluding hydrogens is 344 g/mol. The number of ether oxygens (including phenoxy) is 1. The second-order valence-electron chi connectivity index (χ2n) is 4.88. The van der Waals surface area contributed by atoms with Gasteiger partial charge in [-0.25, -0.2) is 0 Å². The maximum atomic E-state index is 12.3. The first-order chi connectivity index (χ1) is 11.5. The number of thioether (sulfide) groups is 1. The highest BCUT2D eigenvalue weighted by Gasteiger charge is 2.21. The van der Waals surface area contributed by atoms with Crippen molar-refractivity contribution in [2.75, 3.05) is 13.4 Å². The van der Waals surface area contributed by atoms with Crippen molar-refractivity contribution in [1.82, 2.24) is 0 Å². The molecular formula is C17H18N2O3S2. The fourth-order valence-electron chi connectivity index (χ4n) is 2.06. The standard InChI is InChI=1S/C17H18N2O3S2/c1-22-13-5-3-12(4-6-13)17(16(20)11-19-18)23-14-7-9-15(10-8-14)24(2)21/h3-11,17H,18H2,1-2H3. The average Bonchev–Trinajstić information content (AvgIpc) is 2.60. The first-order valence-corrected chi connectivity index (χ1v) is 9.50. The van der Waals surface area contributed by atoms with Crippen molar-refractivity contribution in [2.45, 2.75) is 15.0 Å². The summed E-state index contributed by atoms with van der Waals surface area (Å²) < 4.78 is 16.6. The van der Waals surface area contributed by atoms with Gasteiger partial charge in [-0.3, -0.25) is 9.00 Å².